The van der Waals surface area contributed by atoms with E-state index in [1.165, 1.54) is 5.56 Å². The largest absolute Gasteiger partial charge is 0.490 e. The molecule has 0 heterocycles. The van der Waals surface area contributed by atoms with E-state index >= 15 is 0 Å². The van der Waals surface area contributed by atoms with Gasteiger partial charge in [0, 0.05) is 6.54 Å². The lowest BCUT2D eigenvalue weighted by Crippen LogP contribution is -2.13. The summed E-state index contributed by atoms with van der Waals surface area (Å²) < 4.78 is 11.6. The molecule has 0 aliphatic rings. The molecule has 3 nitrogen and oxygen atoms in total. The van der Waals surface area contributed by atoms with Crippen molar-refractivity contribution in [2.45, 2.75) is 33.4 Å². The van der Waals surface area contributed by atoms with Crippen molar-refractivity contribution in [2.24, 2.45) is 0 Å². The second-order valence-corrected chi connectivity index (χ2v) is 5.17. The zero-order valence-electron chi connectivity index (χ0n) is 13.9. The van der Waals surface area contributed by atoms with E-state index in [1.807, 2.05) is 31.2 Å². The van der Waals surface area contributed by atoms with Gasteiger partial charge in [-0.25, -0.2) is 0 Å². The fourth-order valence-corrected chi connectivity index (χ4v) is 2.19. The van der Waals surface area contributed by atoms with Gasteiger partial charge in [-0.05, 0) is 43.1 Å². The van der Waals surface area contributed by atoms with Crippen molar-refractivity contribution in [3.05, 3.63) is 59.7 Å². The maximum Gasteiger partial charge on any atom is 0.161 e. The van der Waals surface area contributed by atoms with Gasteiger partial charge in [0.1, 0.15) is 6.61 Å². The summed E-state index contributed by atoms with van der Waals surface area (Å²) in [6.45, 7) is 7.22. The molecule has 0 bridgehead atoms. The molecule has 0 amide bonds. The lowest BCUT2D eigenvalue weighted by Gasteiger charge is -2.14. The summed E-state index contributed by atoms with van der Waals surface area (Å²) in [4.78, 5) is 0. The first-order valence-corrected chi connectivity index (χ1v) is 7.96. The predicted molar refractivity (Wildman–Crippen MR) is 97.6 cm³/mol. The standard InChI is InChI=1S/C19H25NO2.ClH/c1-3-12-20-14-17-10-11-18(19(13-17)21-4-2)22-15-16-8-6-5-7-9-16;/h5-11,13,20H,3-4,12,14-15H2,1-2H3;1H. The van der Waals surface area contributed by atoms with Gasteiger partial charge in [-0.15, -0.1) is 12.4 Å². The highest BCUT2D eigenvalue weighted by Crippen LogP contribution is 2.29. The first kappa shape index (κ1) is 19.3. The number of hydrogen-bond donors (Lipinski definition) is 1. The van der Waals surface area contributed by atoms with Crippen molar-refractivity contribution in [3.63, 3.8) is 0 Å². The molecule has 0 spiro atoms. The molecule has 1 N–H and O–H groups in total. The van der Waals surface area contributed by atoms with Crippen LogP contribution in [-0.4, -0.2) is 13.2 Å². The van der Waals surface area contributed by atoms with Crippen LogP contribution in [0.25, 0.3) is 0 Å². The van der Waals surface area contributed by atoms with Crippen LogP contribution in [0.4, 0.5) is 0 Å². The third kappa shape index (κ3) is 6.51. The normalized spacial score (nSPS) is 10.0. The van der Waals surface area contributed by atoms with E-state index in [1.54, 1.807) is 0 Å². The summed E-state index contributed by atoms with van der Waals surface area (Å²) >= 11 is 0. The highest BCUT2D eigenvalue weighted by molar-refractivity contribution is 5.85. The Morgan fingerprint density at radius 3 is 2.35 bits per heavy atom. The van der Waals surface area contributed by atoms with Crippen LogP contribution in [0.2, 0.25) is 0 Å². The van der Waals surface area contributed by atoms with Crippen molar-refractivity contribution in [3.8, 4) is 11.5 Å². The molecular formula is C19H26ClNO2. The summed E-state index contributed by atoms with van der Waals surface area (Å²) in [5.74, 6) is 1.61. The Morgan fingerprint density at radius 1 is 0.870 bits per heavy atom. The molecule has 4 heteroatoms. The fraction of sp³-hybridized carbons (Fsp3) is 0.368. The molecule has 126 valence electrons. The van der Waals surface area contributed by atoms with Crippen LogP contribution in [0.15, 0.2) is 48.5 Å². The summed E-state index contributed by atoms with van der Waals surface area (Å²) in [7, 11) is 0. The van der Waals surface area contributed by atoms with E-state index in [0.717, 1.165) is 36.6 Å². The number of ether oxygens (including phenoxy) is 2. The molecule has 0 saturated carbocycles. The molecule has 0 atom stereocenters. The minimum Gasteiger partial charge on any atom is -0.490 e. The Kier molecular flexibility index (Phi) is 9.18. The average Bonchev–Trinajstić information content (AvgIpc) is 2.56. The van der Waals surface area contributed by atoms with Crippen molar-refractivity contribution in [2.75, 3.05) is 13.2 Å². The Bertz CT molecular complexity index is 561. The SMILES string of the molecule is CCCNCc1ccc(OCc2ccccc2)c(OCC)c1.Cl. The van der Waals surface area contributed by atoms with Gasteiger partial charge in [-0.3, -0.25) is 0 Å². The quantitative estimate of drug-likeness (QED) is 0.680. The van der Waals surface area contributed by atoms with Gasteiger partial charge in [0.05, 0.1) is 6.61 Å². The lowest BCUT2D eigenvalue weighted by molar-refractivity contribution is 0.269. The maximum atomic E-state index is 5.91. The van der Waals surface area contributed by atoms with Crippen LogP contribution in [-0.2, 0) is 13.2 Å². The first-order chi connectivity index (χ1) is 10.8. The van der Waals surface area contributed by atoms with Crippen LogP contribution < -0.4 is 14.8 Å². The number of nitrogens with one attached hydrogen (secondary N) is 1. The van der Waals surface area contributed by atoms with Crippen LogP contribution in [0, 0.1) is 0 Å². The number of hydrogen-bond acceptors (Lipinski definition) is 3. The Labute approximate surface area is 145 Å². The monoisotopic (exact) mass is 335 g/mol. The summed E-state index contributed by atoms with van der Waals surface area (Å²) in [6, 6.07) is 16.3. The van der Waals surface area contributed by atoms with E-state index in [9.17, 15) is 0 Å². The predicted octanol–water partition coefficient (Wildman–Crippen LogP) is 4.59. The van der Waals surface area contributed by atoms with Crippen molar-refractivity contribution >= 4 is 12.4 Å². The molecule has 0 radical (unpaired) electrons. The van der Waals surface area contributed by atoms with Crippen LogP contribution >= 0.6 is 12.4 Å². The molecule has 2 aromatic rings. The van der Waals surface area contributed by atoms with Gasteiger partial charge < -0.3 is 14.8 Å². The highest BCUT2D eigenvalue weighted by Gasteiger charge is 2.07. The van der Waals surface area contributed by atoms with Crippen molar-refractivity contribution in [1.82, 2.24) is 5.32 Å². The summed E-state index contributed by atoms with van der Waals surface area (Å²) in [5.41, 5.74) is 2.36. The molecule has 23 heavy (non-hydrogen) atoms. The van der Waals surface area contributed by atoms with Gasteiger partial charge >= 0.3 is 0 Å². The Morgan fingerprint density at radius 2 is 1.65 bits per heavy atom. The van der Waals surface area contributed by atoms with Gasteiger partial charge in [0.2, 0.25) is 0 Å². The minimum atomic E-state index is 0. The highest BCUT2D eigenvalue weighted by atomic mass is 35.5. The fourth-order valence-electron chi connectivity index (χ4n) is 2.19. The first-order valence-electron chi connectivity index (χ1n) is 7.96. The van der Waals surface area contributed by atoms with Gasteiger partial charge in [-0.1, -0.05) is 43.3 Å². The molecule has 0 unspecified atom stereocenters. The Hall–Kier alpha value is -1.71. The molecule has 0 aliphatic heterocycles. The number of benzene rings is 2. The smallest absolute Gasteiger partial charge is 0.161 e. The molecule has 0 saturated heterocycles. The van der Waals surface area contributed by atoms with Crippen molar-refractivity contribution in [1.29, 1.82) is 0 Å². The summed E-state index contributed by atoms with van der Waals surface area (Å²) in [5, 5.41) is 3.40. The number of halogens is 1. The molecule has 2 aromatic carbocycles. The third-order valence-corrected chi connectivity index (χ3v) is 3.30. The van der Waals surface area contributed by atoms with Crippen LogP contribution in [0.1, 0.15) is 31.4 Å². The topological polar surface area (TPSA) is 30.5 Å². The van der Waals surface area contributed by atoms with Gasteiger partial charge in [0.15, 0.2) is 11.5 Å². The molecular weight excluding hydrogens is 310 g/mol. The average molecular weight is 336 g/mol. The van der Waals surface area contributed by atoms with E-state index in [0.29, 0.717) is 13.2 Å². The summed E-state index contributed by atoms with van der Waals surface area (Å²) in [6.07, 6.45) is 1.14. The zero-order chi connectivity index (χ0) is 15.6. The van der Waals surface area contributed by atoms with E-state index in [4.69, 9.17) is 9.47 Å². The third-order valence-electron chi connectivity index (χ3n) is 3.30. The molecule has 0 aromatic heterocycles. The van der Waals surface area contributed by atoms with Crippen LogP contribution in [0.3, 0.4) is 0 Å². The second-order valence-electron chi connectivity index (χ2n) is 5.17. The molecule has 2 rings (SSSR count). The van der Waals surface area contributed by atoms with E-state index in [-0.39, 0.29) is 12.4 Å². The second kappa shape index (κ2) is 10.9. The van der Waals surface area contributed by atoms with Crippen LogP contribution in [0.5, 0.6) is 11.5 Å². The van der Waals surface area contributed by atoms with Crippen molar-refractivity contribution < 1.29 is 9.47 Å². The maximum absolute atomic E-state index is 5.91. The van der Waals surface area contributed by atoms with Gasteiger partial charge in [0.25, 0.3) is 0 Å². The number of rotatable bonds is 9. The molecule has 0 aliphatic carbocycles. The Balaban J connectivity index is 0.00000264. The van der Waals surface area contributed by atoms with E-state index < -0.39 is 0 Å². The molecule has 0 fully saturated rings. The zero-order valence-corrected chi connectivity index (χ0v) is 14.7. The lowest BCUT2D eigenvalue weighted by atomic mass is 10.2. The minimum absolute atomic E-state index is 0. The van der Waals surface area contributed by atoms with E-state index in [2.05, 4.69) is 36.5 Å². The van der Waals surface area contributed by atoms with Gasteiger partial charge in [-0.2, -0.15) is 0 Å².